The highest BCUT2D eigenvalue weighted by Crippen LogP contribution is 2.63. The molecule has 0 heterocycles. The second kappa shape index (κ2) is 25.2. The smallest absolute Gasteiger partial charge is 0.0267 e. The minimum absolute atomic E-state index is 0.800. The Balaban J connectivity index is 0.000000166. The van der Waals surface area contributed by atoms with E-state index in [-0.39, 0.29) is 0 Å². The fourth-order valence-corrected chi connectivity index (χ4v) is 19.0. The summed E-state index contributed by atoms with van der Waals surface area (Å²) in [5.41, 5.74) is 0.800. The maximum Gasteiger partial charge on any atom is -0.0267 e. The van der Waals surface area contributed by atoms with Crippen LogP contribution in [0.2, 0.25) is 0 Å². The highest BCUT2D eigenvalue weighted by molar-refractivity contribution is 5.03. The molecule has 0 aromatic heterocycles. The van der Waals surface area contributed by atoms with Crippen molar-refractivity contribution in [1.29, 1.82) is 0 Å². The van der Waals surface area contributed by atoms with Crippen molar-refractivity contribution in [1.82, 2.24) is 0 Å². The van der Waals surface area contributed by atoms with Crippen molar-refractivity contribution in [2.24, 2.45) is 130 Å². The molecule has 0 unspecified atom stereocenters. The molecule has 0 atom stereocenters. The highest BCUT2D eigenvalue weighted by atomic mass is 14.6. The molecule has 0 amide bonds. The maximum atomic E-state index is 2.47. The molecule has 0 aromatic carbocycles. The van der Waals surface area contributed by atoms with Crippen molar-refractivity contribution < 1.29 is 0 Å². The monoisotopic (exact) mass is 849 g/mol. The van der Waals surface area contributed by atoms with Gasteiger partial charge in [-0.1, -0.05) is 118 Å². The van der Waals surface area contributed by atoms with E-state index in [1.165, 1.54) is 23.7 Å². The summed E-state index contributed by atoms with van der Waals surface area (Å²) in [6.07, 6.45) is 35.1. The average molecular weight is 850 g/mol. The van der Waals surface area contributed by atoms with Gasteiger partial charge in [-0.05, 0) is 271 Å². The normalized spacial score (nSPS) is 44.5. The van der Waals surface area contributed by atoms with Crippen LogP contribution in [-0.4, -0.2) is 0 Å². The van der Waals surface area contributed by atoms with Gasteiger partial charge in [0.05, 0.1) is 0 Å². The highest BCUT2D eigenvalue weighted by Gasteiger charge is 2.53. The van der Waals surface area contributed by atoms with Crippen LogP contribution in [0.15, 0.2) is 0 Å². The minimum atomic E-state index is 0.800. The summed E-state index contributed by atoms with van der Waals surface area (Å²) in [7, 11) is 0. The van der Waals surface area contributed by atoms with Crippen molar-refractivity contribution in [2.45, 2.75) is 259 Å². The van der Waals surface area contributed by atoms with E-state index in [0.717, 1.165) is 106 Å². The Kier molecular flexibility index (Phi) is 22.2. The van der Waals surface area contributed by atoms with Gasteiger partial charge in [0.15, 0.2) is 0 Å². The summed E-state index contributed by atoms with van der Waals surface area (Å²) in [6.45, 7) is 37.2. The summed E-state index contributed by atoms with van der Waals surface area (Å²) >= 11 is 0. The van der Waals surface area contributed by atoms with Gasteiger partial charge in [0.25, 0.3) is 0 Å². The van der Waals surface area contributed by atoms with Crippen molar-refractivity contribution in [3.05, 3.63) is 0 Å². The molecule has 16 aliphatic rings. The molecule has 0 nitrogen and oxygen atoms in total. The summed E-state index contributed by atoms with van der Waals surface area (Å²) in [4.78, 5) is 0. The van der Waals surface area contributed by atoms with Gasteiger partial charge in [0, 0.05) is 0 Å². The van der Waals surface area contributed by atoms with Crippen LogP contribution in [0.5, 0.6) is 0 Å². The van der Waals surface area contributed by atoms with E-state index in [0.29, 0.717) is 0 Å². The van der Waals surface area contributed by atoms with E-state index in [4.69, 9.17) is 0 Å². The Morgan fingerprint density at radius 1 is 0.262 bits per heavy atom. The van der Waals surface area contributed by atoms with Gasteiger partial charge in [-0.2, -0.15) is 0 Å². The van der Waals surface area contributed by atoms with Gasteiger partial charge in [-0.15, -0.1) is 0 Å². The van der Waals surface area contributed by atoms with E-state index in [9.17, 15) is 0 Å². The summed E-state index contributed by atoms with van der Waals surface area (Å²) in [6, 6.07) is 0. The zero-order valence-corrected chi connectivity index (χ0v) is 45.2. The van der Waals surface area contributed by atoms with Crippen molar-refractivity contribution in [3.63, 3.8) is 0 Å². The van der Waals surface area contributed by atoms with Gasteiger partial charge < -0.3 is 0 Å². The molecular formula is C61H116. The molecule has 0 aromatic rings. The molecule has 16 bridgehead atoms. The first-order chi connectivity index (χ1) is 29.3. The number of rotatable bonds is 3. The van der Waals surface area contributed by atoms with E-state index in [2.05, 4.69) is 62.3 Å². The third-order valence-electron chi connectivity index (χ3n) is 19.4. The van der Waals surface area contributed by atoms with Crippen LogP contribution in [0.3, 0.4) is 0 Å². The first kappa shape index (κ1) is 53.6. The van der Waals surface area contributed by atoms with Gasteiger partial charge >= 0.3 is 0 Å². The lowest BCUT2D eigenvalue weighted by Gasteiger charge is -2.58. The van der Waals surface area contributed by atoms with Gasteiger partial charge in [-0.25, -0.2) is 0 Å². The van der Waals surface area contributed by atoms with Gasteiger partial charge in [0.1, 0.15) is 0 Å². The first-order valence-electron chi connectivity index (χ1n) is 29.3. The molecule has 0 saturated heterocycles. The van der Waals surface area contributed by atoms with Crippen LogP contribution in [0.4, 0.5) is 0 Å². The van der Waals surface area contributed by atoms with Crippen LogP contribution < -0.4 is 0 Å². The molecule has 0 spiro atoms. The van der Waals surface area contributed by atoms with Crippen LogP contribution in [0.1, 0.15) is 259 Å². The average Bonchev–Trinajstić information content (AvgIpc) is 3.20. The molecule has 0 N–H and O–H groups in total. The standard InChI is InChI=1S/3C13H22.C10H16.C4H10.4C2H6/c1-9(2)13-6-10-3-11(7-13)5-12(4-10)8-13;2*1-8(2)13-11-4-9-3-10(6-11)7-12(13)5-9;1-7-2-9-4-8(1)5-10(3-7)6-9;1-4(2)3;4*1-2/h9-12H,3-8H2,1-2H3;2*8-13H,3-7H2,1-2H3;7-10H,1-6H2;4H,1-3H3;4*1-2H3. The molecule has 16 fully saturated rings. The lowest BCUT2D eigenvalue weighted by molar-refractivity contribution is -0.0789. The Morgan fingerprint density at radius 2 is 0.426 bits per heavy atom. The third-order valence-corrected chi connectivity index (χ3v) is 19.4. The van der Waals surface area contributed by atoms with Gasteiger partial charge in [-0.3, -0.25) is 0 Å². The third kappa shape index (κ3) is 13.8. The van der Waals surface area contributed by atoms with Crippen molar-refractivity contribution in [3.8, 4) is 0 Å². The molecule has 0 heteroatoms. The minimum Gasteiger partial charge on any atom is -0.0683 e. The second-order valence-electron chi connectivity index (χ2n) is 25.5. The van der Waals surface area contributed by atoms with Crippen LogP contribution in [0, 0.1) is 130 Å². The Bertz CT molecular complexity index is 970. The fraction of sp³-hybridized carbons (Fsp3) is 1.00. The predicted molar refractivity (Wildman–Crippen MR) is 274 cm³/mol. The number of hydrogen-bond acceptors (Lipinski definition) is 0. The topological polar surface area (TPSA) is 0 Å². The molecular weight excluding hydrogens is 733 g/mol. The molecule has 16 saturated carbocycles. The number of hydrogen-bond donors (Lipinski definition) is 0. The lowest BCUT2D eigenvalue weighted by Crippen LogP contribution is -2.48. The van der Waals surface area contributed by atoms with E-state index < -0.39 is 0 Å². The zero-order chi connectivity index (χ0) is 45.2. The van der Waals surface area contributed by atoms with E-state index >= 15 is 0 Å². The predicted octanol–water partition coefficient (Wildman–Crippen LogP) is 19.9. The molecule has 0 aliphatic heterocycles. The molecule has 0 radical (unpaired) electrons. The molecule has 16 aliphatic carbocycles. The van der Waals surface area contributed by atoms with Crippen LogP contribution in [0.25, 0.3) is 0 Å². The van der Waals surface area contributed by atoms with Crippen molar-refractivity contribution >= 4 is 0 Å². The van der Waals surface area contributed by atoms with E-state index in [1.807, 2.05) is 55.4 Å². The summed E-state index contributed by atoms with van der Waals surface area (Å²) in [5, 5.41) is 0. The van der Waals surface area contributed by atoms with E-state index in [1.54, 1.807) is 141 Å². The largest absolute Gasteiger partial charge is 0.0683 e. The van der Waals surface area contributed by atoms with Crippen LogP contribution in [-0.2, 0) is 0 Å². The second-order valence-corrected chi connectivity index (χ2v) is 25.5. The zero-order valence-electron chi connectivity index (χ0n) is 45.2. The maximum absolute atomic E-state index is 2.47. The first-order valence-corrected chi connectivity index (χ1v) is 29.3. The summed E-state index contributed by atoms with van der Waals surface area (Å²) < 4.78 is 0. The van der Waals surface area contributed by atoms with Gasteiger partial charge in [0.2, 0.25) is 0 Å². The quantitative estimate of drug-likeness (QED) is 0.265. The Hall–Kier alpha value is 0. The molecule has 61 heavy (non-hydrogen) atoms. The molecule has 360 valence electrons. The van der Waals surface area contributed by atoms with Crippen molar-refractivity contribution in [2.75, 3.05) is 0 Å². The molecule has 16 rings (SSSR count). The summed E-state index contributed by atoms with van der Waals surface area (Å²) in [5.74, 6) is 23.1. The Morgan fingerprint density at radius 3 is 0.590 bits per heavy atom. The lowest BCUT2D eigenvalue weighted by atomic mass is 9.47. The SMILES string of the molecule is C1C2CC3CC1CC(C2)C3.CC.CC.CC.CC.CC(C)C.CC(C)C12CC3CC(CC(C3)C1)C2.CC(C)C1C2CC3CC(C2)CC1C3.CC(C)C1C2CC3CC(C2)CC1C3. The Labute approximate surface area is 387 Å². The van der Waals surface area contributed by atoms with Crippen LogP contribution >= 0.6 is 0 Å². The fourth-order valence-electron chi connectivity index (χ4n) is 19.0.